The summed E-state index contributed by atoms with van der Waals surface area (Å²) in [7, 11) is -3.60. The lowest BCUT2D eigenvalue weighted by molar-refractivity contribution is 0.559. The highest BCUT2D eigenvalue weighted by Gasteiger charge is 2.45. The molecule has 0 bridgehead atoms. The number of alkyl halides is 1. The maximum absolute atomic E-state index is 12.1. The number of nitrogens with one attached hydrogen (secondary N) is 1. The van der Waals surface area contributed by atoms with Crippen LogP contribution in [0.2, 0.25) is 5.02 Å². The monoisotopic (exact) mass is 357 g/mol. The Morgan fingerprint density at radius 1 is 1.41 bits per heavy atom. The first kappa shape index (κ1) is 13.6. The molecule has 0 aliphatic heterocycles. The molecule has 1 aromatic rings. The van der Waals surface area contributed by atoms with Crippen molar-refractivity contribution in [3.8, 4) is 0 Å². The van der Waals surface area contributed by atoms with Gasteiger partial charge in [0.25, 0.3) is 0 Å². The van der Waals surface area contributed by atoms with Crippen LogP contribution in [0.25, 0.3) is 0 Å². The van der Waals surface area contributed by atoms with E-state index in [0.29, 0.717) is 0 Å². The highest BCUT2D eigenvalue weighted by molar-refractivity contribution is 9.10. The molecular formula is C10H10BrCl2NO2S. The number of hydrogen-bond acceptors (Lipinski definition) is 2. The summed E-state index contributed by atoms with van der Waals surface area (Å²) >= 11 is 14.9. The average Bonchev–Trinajstić information content (AvgIpc) is 2.97. The Balaban J connectivity index is 2.32. The fraction of sp³-hybridized carbons (Fsp3) is 0.400. The molecule has 0 spiro atoms. The fourth-order valence-corrected chi connectivity index (χ4v) is 4.36. The van der Waals surface area contributed by atoms with Crippen LogP contribution in [-0.4, -0.2) is 19.8 Å². The van der Waals surface area contributed by atoms with Crippen molar-refractivity contribution in [2.24, 2.45) is 0 Å². The van der Waals surface area contributed by atoms with Crippen LogP contribution in [0.3, 0.4) is 0 Å². The van der Waals surface area contributed by atoms with Gasteiger partial charge in [-0.15, -0.1) is 11.6 Å². The third kappa shape index (κ3) is 2.96. The molecule has 2 rings (SSSR count). The predicted molar refractivity (Wildman–Crippen MR) is 72.2 cm³/mol. The van der Waals surface area contributed by atoms with Gasteiger partial charge in [-0.1, -0.05) is 27.5 Å². The molecule has 0 atom stereocenters. The first-order valence-electron chi connectivity index (χ1n) is 4.94. The summed E-state index contributed by atoms with van der Waals surface area (Å²) in [6, 6.07) is 4.66. The smallest absolute Gasteiger partial charge is 0.207 e. The fourth-order valence-electron chi connectivity index (χ4n) is 1.45. The zero-order valence-corrected chi connectivity index (χ0v) is 12.6. The topological polar surface area (TPSA) is 46.2 Å². The van der Waals surface area contributed by atoms with Gasteiger partial charge in [0.05, 0.1) is 5.02 Å². The van der Waals surface area contributed by atoms with Gasteiger partial charge < -0.3 is 0 Å². The predicted octanol–water partition coefficient (Wildman–Crippen LogP) is 3.15. The van der Waals surface area contributed by atoms with Crippen LogP contribution in [-0.2, 0) is 10.0 Å². The number of sulfonamides is 1. The van der Waals surface area contributed by atoms with Crippen LogP contribution in [0.15, 0.2) is 27.6 Å². The summed E-state index contributed by atoms with van der Waals surface area (Å²) in [6.07, 6.45) is 1.54. The molecule has 0 aromatic heterocycles. The SMILES string of the molecule is O=S(=O)(NC1(CCl)CC1)c1ccc(Br)cc1Cl. The van der Waals surface area contributed by atoms with E-state index in [1.165, 1.54) is 6.07 Å². The zero-order valence-electron chi connectivity index (χ0n) is 8.71. The molecule has 1 aliphatic rings. The van der Waals surface area contributed by atoms with Crippen molar-refractivity contribution in [3.63, 3.8) is 0 Å². The van der Waals surface area contributed by atoms with E-state index in [0.717, 1.165) is 17.3 Å². The van der Waals surface area contributed by atoms with Crippen molar-refractivity contribution in [3.05, 3.63) is 27.7 Å². The summed E-state index contributed by atoms with van der Waals surface area (Å²) in [6.45, 7) is 0. The Morgan fingerprint density at radius 3 is 2.53 bits per heavy atom. The van der Waals surface area contributed by atoms with Crippen LogP contribution in [0, 0.1) is 0 Å². The Labute approximate surface area is 119 Å². The van der Waals surface area contributed by atoms with Gasteiger partial charge in [-0.05, 0) is 31.0 Å². The van der Waals surface area contributed by atoms with E-state index in [1.54, 1.807) is 12.1 Å². The van der Waals surface area contributed by atoms with Gasteiger partial charge in [-0.25, -0.2) is 13.1 Å². The van der Waals surface area contributed by atoms with Crippen molar-refractivity contribution in [1.82, 2.24) is 4.72 Å². The number of benzene rings is 1. The molecule has 1 saturated carbocycles. The van der Waals surface area contributed by atoms with Crippen LogP contribution in [0.4, 0.5) is 0 Å². The molecule has 3 nitrogen and oxygen atoms in total. The maximum atomic E-state index is 12.1. The standard InChI is InChI=1S/C10H10BrCl2NO2S/c11-7-1-2-9(8(13)5-7)17(15,16)14-10(6-12)3-4-10/h1-2,5,14H,3-4,6H2. The van der Waals surface area contributed by atoms with Crippen molar-refractivity contribution in [1.29, 1.82) is 0 Å². The minimum Gasteiger partial charge on any atom is -0.207 e. The van der Waals surface area contributed by atoms with Crippen molar-refractivity contribution >= 4 is 49.2 Å². The molecule has 1 aromatic carbocycles. The quantitative estimate of drug-likeness (QED) is 0.840. The number of halogens is 3. The minimum atomic E-state index is -3.60. The zero-order chi connectivity index (χ0) is 12.7. The molecule has 0 saturated heterocycles. The van der Waals surface area contributed by atoms with Gasteiger partial charge in [0.2, 0.25) is 10.0 Å². The molecule has 7 heteroatoms. The lowest BCUT2D eigenvalue weighted by Gasteiger charge is -2.15. The summed E-state index contributed by atoms with van der Waals surface area (Å²) in [5, 5.41) is 0.192. The second kappa shape index (κ2) is 4.70. The first-order valence-corrected chi connectivity index (χ1v) is 8.12. The van der Waals surface area contributed by atoms with Crippen molar-refractivity contribution in [2.75, 3.05) is 5.88 Å². The summed E-state index contributed by atoms with van der Waals surface area (Å²) in [5.74, 6) is 0.278. The van der Waals surface area contributed by atoms with Gasteiger partial charge in [0.15, 0.2) is 0 Å². The molecule has 1 N–H and O–H groups in total. The Morgan fingerprint density at radius 2 is 2.06 bits per heavy atom. The van der Waals surface area contributed by atoms with E-state index in [2.05, 4.69) is 20.7 Å². The Bertz CT molecular complexity index is 543. The van der Waals surface area contributed by atoms with Gasteiger partial charge in [-0.2, -0.15) is 0 Å². The molecule has 94 valence electrons. The third-order valence-electron chi connectivity index (χ3n) is 2.64. The number of rotatable bonds is 4. The highest BCUT2D eigenvalue weighted by Crippen LogP contribution is 2.38. The van der Waals surface area contributed by atoms with Crippen LogP contribution in [0.5, 0.6) is 0 Å². The van der Waals surface area contributed by atoms with Crippen LogP contribution >= 0.6 is 39.1 Å². The molecule has 0 unspecified atom stereocenters. The molecular weight excluding hydrogens is 349 g/mol. The van der Waals surface area contributed by atoms with E-state index >= 15 is 0 Å². The maximum Gasteiger partial charge on any atom is 0.242 e. The van der Waals surface area contributed by atoms with Crippen LogP contribution < -0.4 is 4.72 Å². The molecule has 17 heavy (non-hydrogen) atoms. The van der Waals surface area contributed by atoms with E-state index in [4.69, 9.17) is 23.2 Å². The van der Waals surface area contributed by atoms with E-state index in [1.807, 2.05) is 0 Å². The Hall–Kier alpha value is 0.190. The lowest BCUT2D eigenvalue weighted by atomic mass is 10.4. The van der Waals surface area contributed by atoms with Gasteiger partial charge in [-0.3, -0.25) is 0 Å². The van der Waals surface area contributed by atoms with Gasteiger partial charge in [0.1, 0.15) is 4.90 Å². The summed E-state index contributed by atoms with van der Waals surface area (Å²) in [5.41, 5.74) is -0.475. The first-order chi connectivity index (χ1) is 7.88. The van der Waals surface area contributed by atoms with Gasteiger partial charge in [0, 0.05) is 15.9 Å². The van der Waals surface area contributed by atoms with Crippen molar-refractivity contribution < 1.29 is 8.42 Å². The lowest BCUT2D eigenvalue weighted by Crippen LogP contribution is -2.38. The second-order valence-corrected chi connectivity index (χ2v) is 7.34. The summed E-state index contributed by atoms with van der Waals surface area (Å²) in [4.78, 5) is 0.0822. The normalized spacial score (nSPS) is 18.1. The molecule has 1 fully saturated rings. The van der Waals surface area contributed by atoms with Crippen LogP contribution in [0.1, 0.15) is 12.8 Å². The average molecular weight is 359 g/mol. The minimum absolute atomic E-state index is 0.0822. The van der Waals surface area contributed by atoms with Gasteiger partial charge >= 0.3 is 0 Å². The molecule has 0 amide bonds. The molecule has 0 heterocycles. The number of hydrogen-bond donors (Lipinski definition) is 1. The van der Waals surface area contributed by atoms with E-state index < -0.39 is 15.6 Å². The highest BCUT2D eigenvalue weighted by atomic mass is 79.9. The van der Waals surface area contributed by atoms with E-state index in [-0.39, 0.29) is 15.8 Å². The largest absolute Gasteiger partial charge is 0.242 e. The third-order valence-corrected chi connectivity index (χ3v) is 5.71. The van der Waals surface area contributed by atoms with Crippen molar-refractivity contribution in [2.45, 2.75) is 23.3 Å². The summed E-state index contributed by atoms with van der Waals surface area (Å²) < 4.78 is 27.6. The second-order valence-electron chi connectivity index (χ2n) is 4.09. The van der Waals surface area contributed by atoms with E-state index in [9.17, 15) is 8.42 Å². The molecule has 0 radical (unpaired) electrons. The Kier molecular flexibility index (Phi) is 3.77. The molecule has 1 aliphatic carbocycles.